The zero-order valence-corrected chi connectivity index (χ0v) is 8.40. The van der Waals surface area contributed by atoms with Crippen LogP contribution in [0.15, 0.2) is 18.5 Å². The van der Waals surface area contributed by atoms with Crippen LogP contribution in [0.2, 0.25) is 0 Å². The molecule has 0 amide bonds. The van der Waals surface area contributed by atoms with Gasteiger partial charge in [0.2, 0.25) is 0 Å². The van der Waals surface area contributed by atoms with Gasteiger partial charge < -0.3 is 10.4 Å². The molecule has 0 saturated heterocycles. The molecular weight excluding hydrogens is 176 g/mol. The fraction of sp³-hybridized carbons (Fsp3) is 0.545. The summed E-state index contributed by atoms with van der Waals surface area (Å²) in [7, 11) is 0. The highest BCUT2D eigenvalue weighted by Gasteiger charge is 2.21. The molecule has 1 unspecified atom stereocenters. The lowest BCUT2D eigenvalue weighted by Gasteiger charge is -2.11. The number of hydrogen-bond acceptors (Lipinski definition) is 3. The Balaban J connectivity index is 1.91. The Morgan fingerprint density at radius 2 is 2.36 bits per heavy atom. The lowest BCUT2D eigenvalue weighted by Crippen LogP contribution is -2.23. The van der Waals surface area contributed by atoms with Gasteiger partial charge in [0.05, 0.1) is 6.10 Å². The lowest BCUT2D eigenvalue weighted by molar-refractivity contribution is 0.174. The summed E-state index contributed by atoms with van der Waals surface area (Å²) in [5.74, 6) is 0. The van der Waals surface area contributed by atoms with Crippen molar-refractivity contribution >= 4 is 0 Å². The third kappa shape index (κ3) is 2.53. The standard InChI is InChI=1S/C11H16N2O/c1-8-4-9(6-12-5-8)11(14)7-13-10-2-3-10/h4-6,10-11,13-14H,2-3,7H2,1H3. The number of nitrogens with one attached hydrogen (secondary N) is 1. The molecular formula is C11H16N2O. The molecule has 0 spiro atoms. The van der Waals surface area contributed by atoms with Crippen LogP contribution in [0.5, 0.6) is 0 Å². The molecule has 0 radical (unpaired) electrons. The van der Waals surface area contributed by atoms with E-state index in [0.29, 0.717) is 12.6 Å². The molecule has 1 aliphatic rings. The van der Waals surface area contributed by atoms with E-state index in [0.717, 1.165) is 11.1 Å². The van der Waals surface area contributed by atoms with Crippen LogP contribution in [0, 0.1) is 6.92 Å². The van der Waals surface area contributed by atoms with Crippen LogP contribution in [-0.4, -0.2) is 22.7 Å². The monoisotopic (exact) mass is 192 g/mol. The quantitative estimate of drug-likeness (QED) is 0.753. The maximum absolute atomic E-state index is 9.82. The molecule has 2 N–H and O–H groups in total. The molecule has 1 saturated carbocycles. The Morgan fingerprint density at radius 3 is 3.00 bits per heavy atom. The minimum atomic E-state index is -0.428. The fourth-order valence-corrected chi connectivity index (χ4v) is 1.44. The van der Waals surface area contributed by atoms with Gasteiger partial charge >= 0.3 is 0 Å². The third-order valence-electron chi connectivity index (χ3n) is 2.46. The summed E-state index contributed by atoms with van der Waals surface area (Å²) < 4.78 is 0. The number of aliphatic hydroxyl groups excluding tert-OH is 1. The van der Waals surface area contributed by atoms with Crippen molar-refractivity contribution in [3.05, 3.63) is 29.6 Å². The second-order valence-corrected chi connectivity index (χ2v) is 3.99. The van der Waals surface area contributed by atoms with Gasteiger partial charge in [0.25, 0.3) is 0 Å². The van der Waals surface area contributed by atoms with E-state index in [4.69, 9.17) is 0 Å². The van der Waals surface area contributed by atoms with E-state index in [2.05, 4.69) is 10.3 Å². The number of hydrogen-bond donors (Lipinski definition) is 2. The van der Waals surface area contributed by atoms with Crippen LogP contribution in [0.25, 0.3) is 0 Å². The second kappa shape index (κ2) is 4.07. The molecule has 1 fully saturated rings. The number of aryl methyl sites for hydroxylation is 1. The Hall–Kier alpha value is -0.930. The highest BCUT2D eigenvalue weighted by atomic mass is 16.3. The Bertz CT molecular complexity index is 310. The van der Waals surface area contributed by atoms with E-state index in [9.17, 15) is 5.11 Å². The molecule has 1 aromatic rings. The zero-order valence-electron chi connectivity index (χ0n) is 8.40. The van der Waals surface area contributed by atoms with Gasteiger partial charge in [0.15, 0.2) is 0 Å². The number of nitrogens with zero attached hydrogens (tertiary/aromatic N) is 1. The van der Waals surface area contributed by atoms with Gasteiger partial charge in [-0.3, -0.25) is 4.98 Å². The Morgan fingerprint density at radius 1 is 1.57 bits per heavy atom. The average Bonchev–Trinajstić information content (AvgIpc) is 2.97. The van der Waals surface area contributed by atoms with Gasteiger partial charge in [-0.15, -0.1) is 0 Å². The van der Waals surface area contributed by atoms with Gasteiger partial charge in [0.1, 0.15) is 0 Å². The average molecular weight is 192 g/mol. The van der Waals surface area contributed by atoms with Crippen LogP contribution >= 0.6 is 0 Å². The number of aromatic nitrogens is 1. The minimum Gasteiger partial charge on any atom is -0.387 e. The molecule has 0 bridgehead atoms. The van der Waals surface area contributed by atoms with Crippen molar-refractivity contribution in [3.63, 3.8) is 0 Å². The smallest absolute Gasteiger partial charge is 0.0929 e. The van der Waals surface area contributed by atoms with Gasteiger partial charge in [-0.2, -0.15) is 0 Å². The number of pyridine rings is 1. The molecule has 1 aromatic heterocycles. The van der Waals surface area contributed by atoms with Crippen LogP contribution < -0.4 is 5.32 Å². The first-order chi connectivity index (χ1) is 6.75. The highest BCUT2D eigenvalue weighted by Crippen LogP contribution is 2.20. The summed E-state index contributed by atoms with van der Waals surface area (Å²) in [4.78, 5) is 4.06. The van der Waals surface area contributed by atoms with E-state index in [1.807, 2.05) is 13.0 Å². The molecule has 1 aliphatic carbocycles. The Labute approximate surface area is 84.2 Å². The van der Waals surface area contributed by atoms with Crippen LogP contribution in [-0.2, 0) is 0 Å². The summed E-state index contributed by atoms with van der Waals surface area (Å²) in [6.45, 7) is 2.62. The number of rotatable bonds is 4. The fourth-order valence-electron chi connectivity index (χ4n) is 1.44. The van der Waals surface area contributed by atoms with Crippen molar-refractivity contribution in [1.29, 1.82) is 0 Å². The van der Waals surface area contributed by atoms with Gasteiger partial charge in [-0.05, 0) is 25.3 Å². The second-order valence-electron chi connectivity index (χ2n) is 3.99. The molecule has 3 heteroatoms. The lowest BCUT2D eigenvalue weighted by atomic mass is 10.1. The molecule has 14 heavy (non-hydrogen) atoms. The molecule has 0 aromatic carbocycles. The molecule has 1 atom stereocenters. The van der Waals surface area contributed by atoms with Crippen molar-refractivity contribution in [2.45, 2.75) is 31.9 Å². The van der Waals surface area contributed by atoms with Crippen LogP contribution in [0.1, 0.15) is 30.1 Å². The van der Waals surface area contributed by atoms with E-state index < -0.39 is 6.10 Å². The molecule has 0 aliphatic heterocycles. The summed E-state index contributed by atoms with van der Waals surface area (Å²) in [5, 5.41) is 13.1. The largest absolute Gasteiger partial charge is 0.387 e. The third-order valence-corrected chi connectivity index (χ3v) is 2.46. The maximum Gasteiger partial charge on any atom is 0.0929 e. The topological polar surface area (TPSA) is 45.2 Å². The summed E-state index contributed by atoms with van der Waals surface area (Å²) >= 11 is 0. The van der Waals surface area contributed by atoms with Crippen LogP contribution in [0.4, 0.5) is 0 Å². The highest BCUT2D eigenvalue weighted by molar-refractivity contribution is 5.19. The van der Waals surface area contributed by atoms with Crippen LogP contribution in [0.3, 0.4) is 0 Å². The predicted molar refractivity (Wildman–Crippen MR) is 55.0 cm³/mol. The molecule has 3 nitrogen and oxygen atoms in total. The van der Waals surface area contributed by atoms with Crippen molar-refractivity contribution in [3.8, 4) is 0 Å². The van der Waals surface area contributed by atoms with Gasteiger partial charge in [0, 0.05) is 30.5 Å². The zero-order chi connectivity index (χ0) is 9.97. The van der Waals surface area contributed by atoms with Crippen molar-refractivity contribution < 1.29 is 5.11 Å². The van der Waals surface area contributed by atoms with Crippen molar-refractivity contribution in [1.82, 2.24) is 10.3 Å². The summed E-state index contributed by atoms with van der Waals surface area (Å²) in [5.41, 5.74) is 1.99. The van der Waals surface area contributed by atoms with Crippen molar-refractivity contribution in [2.24, 2.45) is 0 Å². The van der Waals surface area contributed by atoms with Crippen molar-refractivity contribution in [2.75, 3.05) is 6.54 Å². The minimum absolute atomic E-state index is 0.428. The molecule has 2 rings (SSSR count). The van der Waals surface area contributed by atoms with E-state index >= 15 is 0 Å². The van der Waals surface area contributed by atoms with E-state index in [-0.39, 0.29) is 0 Å². The first kappa shape index (κ1) is 9.62. The summed E-state index contributed by atoms with van der Waals surface area (Å²) in [6, 6.07) is 2.62. The SMILES string of the molecule is Cc1cncc(C(O)CNC2CC2)c1. The normalized spacial score (nSPS) is 18.1. The van der Waals surface area contributed by atoms with E-state index in [1.54, 1.807) is 12.4 Å². The predicted octanol–water partition coefficient (Wildman–Crippen LogP) is 1.18. The first-order valence-electron chi connectivity index (χ1n) is 5.08. The summed E-state index contributed by atoms with van der Waals surface area (Å²) in [6.07, 6.45) is 5.59. The number of aliphatic hydroxyl groups is 1. The Kier molecular flexibility index (Phi) is 2.79. The van der Waals surface area contributed by atoms with Gasteiger partial charge in [-0.25, -0.2) is 0 Å². The van der Waals surface area contributed by atoms with Gasteiger partial charge in [-0.1, -0.05) is 6.07 Å². The first-order valence-corrected chi connectivity index (χ1v) is 5.08. The maximum atomic E-state index is 9.82. The van der Waals surface area contributed by atoms with E-state index in [1.165, 1.54) is 12.8 Å². The molecule has 76 valence electrons. The molecule has 1 heterocycles.